The topological polar surface area (TPSA) is 53.5 Å². The first-order valence-corrected chi connectivity index (χ1v) is 5.00. The maximum Gasteiger partial charge on any atom is 0.334 e. The van der Waals surface area contributed by atoms with Gasteiger partial charge in [-0.2, -0.15) is 4.79 Å². The Kier molecular flexibility index (Phi) is 2.04. The third kappa shape index (κ3) is 1.44. The molecule has 0 atom stereocenters. The second-order valence-electron chi connectivity index (χ2n) is 4.38. The number of ketones is 1. The Bertz CT molecular complexity index is 283. The van der Waals surface area contributed by atoms with Gasteiger partial charge in [0.25, 0.3) is 0 Å². The average molecular weight is 178 g/mol. The molecule has 2 rings (SSSR count). The first kappa shape index (κ1) is 8.64. The van der Waals surface area contributed by atoms with Crippen LogP contribution in [0.4, 0.5) is 0 Å². The van der Waals surface area contributed by atoms with Crippen molar-refractivity contribution < 1.29 is 9.58 Å². The van der Waals surface area contributed by atoms with Gasteiger partial charge in [0.2, 0.25) is 5.78 Å². The molecule has 0 radical (unpaired) electrons. The Morgan fingerprint density at radius 3 is 2.38 bits per heavy atom. The standard InChI is InChI=1S/C10H14N2O/c11-12-8-6-10(7-9(8)13)4-2-1-3-5-10/h1-7H2. The molecule has 2 aliphatic rings. The lowest BCUT2D eigenvalue weighted by Gasteiger charge is -2.30. The van der Waals surface area contributed by atoms with Gasteiger partial charge in [-0.15, -0.1) is 0 Å². The molecular formula is C10H14N2O. The second kappa shape index (κ2) is 3.08. The molecule has 2 saturated carbocycles. The first-order chi connectivity index (χ1) is 6.26. The van der Waals surface area contributed by atoms with Crippen LogP contribution in [0, 0.1) is 5.41 Å². The van der Waals surface area contributed by atoms with Crippen molar-refractivity contribution in [2.24, 2.45) is 5.41 Å². The molecule has 3 heteroatoms. The van der Waals surface area contributed by atoms with Crippen molar-refractivity contribution in [1.29, 1.82) is 0 Å². The quantitative estimate of drug-likeness (QED) is 0.413. The van der Waals surface area contributed by atoms with Gasteiger partial charge in [-0.1, -0.05) is 19.3 Å². The Labute approximate surface area is 77.8 Å². The van der Waals surface area contributed by atoms with Gasteiger partial charge in [0, 0.05) is 6.42 Å². The first-order valence-electron chi connectivity index (χ1n) is 5.00. The summed E-state index contributed by atoms with van der Waals surface area (Å²) in [7, 11) is 0. The van der Waals surface area contributed by atoms with Gasteiger partial charge < -0.3 is 5.53 Å². The molecule has 0 amide bonds. The minimum atomic E-state index is 0.0596. The molecule has 2 aliphatic carbocycles. The molecule has 2 fully saturated rings. The van der Waals surface area contributed by atoms with Crippen molar-refractivity contribution in [2.75, 3.05) is 0 Å². The van der Waals surface area contributed by atoms with Gasteiger partial charge in [0.05, 0.1) is 6.42 Å². The van der Waals surface area contributed by atoms with Gasteiger partial charge in [-0.25, -0.2) is 0 Å². The normalized spacial score (nSPS) is 26.5. The summed E-state index contributed by atoms with van der Waals surface area (Å²) in [6, 6.07) is 0. The van der Waals surface area contributed by atoms with Gasteiger partial charge in [-0.3, -0.25) is 4.79 Å². The Morgan fingerprint density at radius 2 is 1.85 bits per heavy atom. The average Bonchev–Trinajstić information content (AvgIpc) is 2.44. The van der Waals surface area contributed by atoms with E-state index in [1.807, 2.05) is 0 Å². The molecule has 1 spiro atoms. The number of rotatable bonds is 0. The fourth-order valence-electron chi connectivity index (χ4n) is 2.71. The maximum atomic E-state index is 11.4. The number of nitrogens with zero attached hydrogens (tertiary/aromatic N) is 2. The molecular weight excluding hydrogens is 164 g/mol. The fraction of sp³-hybridized carbons (Fsp3) is 0.800. The van der Waals surface area contributed by atoms with E-state index < -0.39 is 0 Å². The van der Waals surface area contributed by atoms with Crippen molar-refractivity contribution in [3.63, 3.8) is 0 Å². The van der Waals surface area contributed by atoms with Crippen LogP contribution in [0.1, 0.15) is 44.9 Å². The number of carbonyl (C=O) groups is 1. The van der Waals surface area contributed by atoms with Gasteiger partial charge in [0.15, 0.2) is 0 Å². The van der Waals surface area contributed by atoms with Crippen LogP contribution >= 0.6 is 0 Å². The number of hydrogen-bond donors (Lipinski definition) is 0. The summed E-state index contributed by atoms with van der Waals surface area (Å²) in [4.78, 5) is 14.5. The second-order valence-corrected chi connectivity index (χ2v) is 4.38. The van der Waals surface area contributed by atoms with Gasteiger partial charge in [0.1, 0.15) is 0 Å². The van der Waals surface area contributed by atoms with E-state index in [9.17, 15) is 4.79 Å². The lowest BCUT2D eigenvalue weighted by molar-refractivity contribution is -0.117. The molecule has 0 aliphatic heterocycles. The van der Waals surface area contributed by atoms with Crippen LogP contribution in [0.15, 0.2) is 0 Å². The molecule has 0 unspecified atom stereocenters. The third-order valence-electron chi connectivity index (χ3n) is 3.43. The van der Waals surface area contributed by atoms with Crippen LogP contribution in [-0.4, -0.2) is 16.3 Å². The maximum absolute atomic E-state index is 11.4. The van der Waals surface area contributed by atoms with Crippen LogP contribution in [-0.2, 0) is 4.79 Å². The molecule has 0 saturated heterocycles. The molecule has 13 heavy (non-hydrogen) atoms. The highest BCUT2D eigenvalue weighted by Gasteiger charge is 2.47. The number of hydrogen-bond acceptors (Lipinski definition) is 1. The lowest BCUT2D eigenvalue weighted by atomic mass is 9.73. The van der Waals surface area contributed by atoms with Crippen molar-refractivity contribution in [3.05, 3.63) is 5.53 Å². The Balaban J connectivity index is 2.18. The summed E-state index contributed by atoms with van der Waals surface area (Å²) < 4.78 is 0. The van der Waals surface area contributed by atoms with Crippen molar-refractivity contribution >= 4 is 11.5 Å². The van der Waals surface area contributed by atoms with Crippen molar-refractivity contribution in [2.45, 2.75) is 44.9 Å². The van der Waals surface area contributed by atoms with Crippen LogP contribution in [0.2, 0.25) is 0 Å². The SMILES string of the molecule is [N-]=[N+]=C1CC2(CCCCC2)CC1=O. The third-order valence-corrected chi connectivity index (χ3v) is 3.43. The molecule has 0 aromatic rings. The molecule has 70 valence electrons. The minimum absolute atomic E-state index is 0.0596. The van der Waals surface area contributed by atoms with Crippen molar-refractivity contribution in [3.8, 4) is 0 Å². The van der Waals surface area contributed by atoms with E-state index in [0.29, 0.717) is 18.6 Å². The van der Waals surface area contributed by atoms with E-state index >= 15 is 0 Å². The summed E-state index contributed by atoms with van der Waals surface area (Å²) in [5, 5.41) is 0. The lowest BCUT2D eigenvalue weighted by Crippen LogP contribution is -2.20. The Morgan fingerprint density at radius 1 is 1.15 bits per heavy atom. The fourth-order valence-corrected chi connectivity index (χ4v) is 2.71. The Hall–Kier alpha value is -0.950. The zero-order chi connectivity index (χ0) is 9.31. The highest BCUT2D eigenvalue weighted by atomic mass is 16.1. The van der Waals surface area contributed by atoms with E-state index in [-0.39, 0.29) is 11.2 Å². The zero-order valence-corrected chi connectivity index (χ0v) is 7.75. The molecule has 3 nitrogen and oxygen atoms in total. The largest absolute Gasteiger partial charge is 0.361 e. The van der Waals surface area contributed by atoms with Crippen LogP contribution in [0.25, 0.3) is 5.53 Å². The van der Waals surface area contributed by atoms with Gasteiger partial charge in [-0.05, 0) is 18.3 Å². The monoisotopic (exact) mass is 178 g/mol. The molecule has 0 aromatic heterocycles. The van der Waals surface area contributed by atoms with Crippen molar-refractivity contribution in [1.82, 2.24) is 0 Å². The predicted molar refractivity (Wildman–Crippen MR) is 48.4 cm³/mol. The highest BCUT2D eigenvalue weighted by Crippen LogP contribution is 2.46. The van der Waals surface area contributed by atoms with Crippen LogP contribution in [0.3, 0.4) is 0 Å². The summed E-state index contributed by atoms with van der Waals surface area (Å²) in [5.74, 6) is 0.0596. The van der Waals surface area contributed by atoms with Gasteiger partial charge >= 0.3 is 5.71 Å². The minimum Gasteiger partial charge on any atom is -0.361 e. The van der Waals surface area contributed by atoms with E-state index in [1.54, 1.807) is 0 Å². The van der Waals surface area contributed by atoms with E-state index in [1.165, 1.54) is 19.3 Å². The summed E-state index contributed by atoms with van der Waals surface area (Å²) in [6.07, 6.45) is 7.35. The van der Waals surface area contributed by atoms with E-state index in [2.05, 4.69) is 4.79 Å². The van der Waals surface area contributed by atoms with E-state index in [0.717, 1.165) is 12.8 Å². The zero-order valence-electron chi connectivity index (χ0n) is 7.75. The summed E-state index contributed by atoms with van der Waals surface area (Å²) >= 11 is 0. The smallest absolute Gasteiger partial charge is 0.334 e. The molecule has 0 bridgehead atoms. The predicted octanol–water partition coefficient (Wildman–Crippen LogP) is 1.97. The molecule has 0 N–H and O–H groups in total. The van der Waals surface area contributed by atoms with E-state index in [4.69, 9.17) is 5.53 Å². The highest BCUT2D eigenvalue weighted by molar-refractivity contribution is 6.39. The number of Topliss-reactive ketones (excluding diaryl/α,β-unsaturated/α-hetero) is 1. The van der Waals surface area contributed by atoms with Crippen LogP contribution < -0.4 is 0 Å². The summed E-state index contributed by atoms with van der Waals surface area (Å²) in [5.41, 5.74) is 9.20. The molecule has 0 aromatic carbocycles. The van der Waals surface area contributed by atoms with Crippen LogP contribution in [0.5, 0.6) is 0 Å². The molecule has 0 heterocycles. The number of carbonyl (C=O) groups excluding carboxylic acids is 1. The summed E-state index contributed by atoms with van der Waals surface area (Å²) in [6.45, 7) is 0.